The molecule has 0 bridgehead atoms. The second kappa shape index (κ2) is 4.11. The van der Waals surface area contributed by atoms with Crippen LogP contribution in [0.2, 0.25) is 0 Å². The SMILES string of the molecule is CC(=O)C(Cl)c1ccc(N)cc1Br. The summed E-state index contributed by atoms with van der Waals surface area (Å²) in [7, 11) is 0. The molecule has 70 valence electrons. The number of rotatable bonds is 2. The van der Waals surface area contributed by atoms with Crippen LogP contribution in [0, 0.1) is 0 Å². The molecule has 0 heterocycles. The van der Waals surface area contributed by atoms with Crippen molar-refractivity contribution in [2.45, 2.75) is 12.3 Å². The zero-order valence-corrected chi connectivity index (χ0v) is 9.39. The molecule has 0 saturated carbocycles. The molecule has 4 heteroatoms. The van der Waals surface area contributed by atoms with Crippen molar-refractivity contribution in [3.05, 3.63) is 28.2 Å². The van der Waals surface area contributed by atoms with E-state index in [-0.39, 0.29) is 5.78 Å². The number of ketones is 1. The van der Waals surface area contributed by atoms with Crippen molar-refractivity contribution in [3.8, 4) is 0 Å². The first-order valence-electron chi connectivity index (χ1n) is 3.72. The Morgan fingerprint density at radius 1 is 1.62 bits per heavy atom. The van der Waals surface area contributed by atoms with Crippen LogP contribution in [0.5, 0.6) is 0 Å². The van der Waals surface area contributed by atoms with E-state index in [0.717, 1.165) is 10.0 Å². The summed E-state index contributed by atoms with van der Waals surface area (Å²) in [6.45, 7) is 1.46. The molecule has 2 nitrogen and oxygen atoms in total. The lowest BCUT2D eigenvalue weighted by Gasteiger charge is -2.08. The molecule has 0 amide bonds. The van der Waals surface area contributed by atoms with Crippen molar-refractivity contribution in [1.82, 2.24) is 0 Å². The zero-order chi connectivity index (χ0) is 10.0. The molecule has 1 rings (SSSR count). The van der Waals surface area contributed by atoms with Gasteiger partial charge in [0.25, 0.3) is 0 Å². The van der Waals surface area contributed by atoms with Crippen LogP contribution in [0.25, 0.3) is 0 Å². The van der Waals surface area contributed by atoms with Crippen LogP contribution in [-0.2, 0) is 4.79 Å². The van der Waals surface area contributed by atoms with Gasteiger partial charge in [0.1, 0.15) is 5.38 Å². The molecular formula is C9H9BrClNO. The summed E-state index contributed by atoms with van der Waals surface area (Å²) in [6.07, 6.45) is 0. The molecule has 0 fully saturated rings. The third-order valence-corrected chi connectivity index (χ3v) is 2.88. The maximum Gasteiger partial charge on any atom is 0.152 e. The number of Topliss-reactive ketones (excluding diaryl/α,β-unsaturated/α-hetero) is 1. The Bertz CT molecular complexity index is 340. The van der Waals surface area contributed by atoms with Gasteiger partial charge in [-0.1, -0.05) is 22.0 Å². The molecule has 0 aliphatic carbocycles. The minimum atomic E-state index is -0.602. The number of halogens is 2. The maximum atomic E-state index is 11.0. The van der Waals surface area contributed by atoms with E-state index in [2.05, 4.69) is 15.9 Å². The predicted octanol–water partition coefficient (Wildman–Crippen LogP) is 2.90. The van der Waals surface area contributed by atoms with Gasteiger partial charge in [-0.25, -0.2) is 0 Å². The summed E-state index contributed by atoms with van der Waals surface area (Å²) in [4.78, 5) is 11.0. The number of carbonyl (C=O) groups excluding carboxylic acids is 1. The van der Waals surface area contributed by atoms with Gasteiger partial charge in [-0.05, 0) is 24.6 Å². The third kappa shape index (κ3) is 2.45. The van der Waals surface area contributed by atoms with Crippen LogP contribution >= 0.6 is 27.5 Å². The second-order valence-electron chi connectivity index (χ2n) is 2.75. The van der Waals surface area contributed by atoms with Gasteiger partial charge in [-0.2, -0.15) is 0 Å². The predicted molar refractivity (Wildman–Crippen MR) is 57.8 cm³/mol. The minimum Gasteiger partial charge on any atom is -0.399 e. The topological polar surface area (TPSA) is 43.1 Å². The molecule has 0 aliphatic rings. The number of benzene rings is 1. The van der Waals surface area contributed by atoms with Crippen molar-refractivity contribution in [2.75, 3.05) is 5.73 Å². The number of hydrogen-bond acceptors (Lipinski definition) is 2. The van der Waals surface area contributed by atoms with Gasteiger partial charge in [0.2, 0.25) is 0 Å². The van der Waals surface area contributed by atoms with E-state index in [9.17, 15) is 4.79 Å². The highest BCUT2D eigenvalue weighted by molar-refractivity contribution is 9.10. The number of nitrogen functional groups attached to an aromatic ring is 1. The normalized spacial score (nSPS) is 12.5. The molecule has 1 aromatic carbocycles. The fourth-order valence-electron chi connectivity index (χ4n) is 0.968. The Morgan fingerprint density at radius 3 is 2.69 bits per heavy atom. The van der Waals surface area contributed by atoms with Gasteiger partial charge in [0.15, 0.2) is 5.78 Å². The Morgan fingerprint density at radius 2 is 2.23 bits per heavy atom. The first-order chi connectivity index (χ1) is 6.02. The van der Waals surface area contributed by atoms with Crippen molar-refractivity contribution >= 4 is 39.0 Å². The summed E-state index contributed by atoms with van der Waals surface area (Å²) in [5.74, 6) is -0.0767. The lowest BCUT2D eigenvalue weighted by atomic mass is 10.1. The first kappa shape index (κ1) is 10.5. The van der Waals surface area contributed by atoms with Gasteiger partial charge in [0.05, 0.1) is 0 Å². The molecule has 0 aromatic heterocycles. The Balaban J connectivity index is 3.08. The van der Waals surface area contributed by atoms with Gasteiger partial charge < -0.3 is 5.73 Å². The van der Waals surface area contributed by atoms with Gasteiger partial charge >= 0.3 is 0 Å². The quantitative estimate of drug-likeness (QED) is 0.658. The summed E-state index contributed by atoms with van der Waals surface area (Å²) >= 11 is 9.18. The van der Waals surface area contributed by atoms with Crippen LogP contribution in [-0.4, -0.2) is 5.78 Å². The summed E-state index contributed by atoms with van der Waals surface area (Å²) < 4.78 is 0.766. The minimum absolute atomic E-state index is 0.0767. The van der Waals surface area contributed by atoms with E-state index >= 15 is 0 Å². The number of nitrogens with two attached hydrogens (primary N) is 1. The van der Waals surface area contributed by atoms with Crippen LogP contribution in [0.3, 0.4) is 0 Å². The average molecular weight is 263 g/mol. The van der Waals surface area contributed by atoms with E-state index in [1.807, 2.05) is 0 Å². The van der Waals surface area contributed by atoms with E-state index < -0.39 is 5.38 Å². The van der Waals surface area contributed by atoms with Crippen LogP contribution in [0.15, 0.2) is 22.7 Å². The van der Waals surface area contributed by atoms with E-state index in [1.54, 1.807) is 18.2 Å². The summed E-state index contributed by atoms with van der Waals surface area (Å²) in [5, 5.41) is -0.602. The highest BCUT2D eigenvalue weighted by Gasteiger charge is 2.15. The molecule has 1 atom stereocenters. The van der Waals surface area contributed by atoms with Crippen molar-refractivity contribution in [1.29, 1.82) is 0 Å². The summed E-state index contributed by atoms with van der Waals surface area (Å²) in [5.41, 5.74) is 6.94. The van der Waals surface area contributed by atoms with E-state index in [4.69, 9.17) is 17.3 Å². The van der Waals surface area contributed by atoms with Crippen LogP contribution in [0.4, 0.5) is 5.69 Å². The maximum absolute atomic E-state index is 11.0. The standard InChI is InChI=1S/C9H9BrClNO/c1-5(13)9(11)7-3-2-6(12)4-8(7)10/h2-4,9H,12H2,1H3. The lowest BCUT2D eigenvalue weighted by molar-refractivity contribution is -0.116. The third-order valence-electron chi connectivity index (χ3n) is 1.65. The fraction of sp³-hybridized carbons (Fsp3) is 0.222. The zero-order valence-electron chi connectivity index (χ0n) is 7.05. The molecule has 13 heavy (non-hydrogen) atoms. The summed E-state index contributed by atoms with van der Waals surface area (Å²) in [6, 6.07) is 5.20. The average Bonchev–Trinajstić information content (AvgIpc) is 2.03. The molecular weight excluding hydrogens is 253 g/mol. The van der Waals surface area contributed by atoms with E-state index in [1.165, 1.54) is 6.92 Å². The van der Waals surface area contributed by atoms with Crippen molar-refractivity contribution in [3.63, 3.8) is 0 Å². The van der Waals surface area contributed by atoms with Gasteiger partial charge in [-0.3, -0.25) is 4.79 Å². The number of anilines is 1. The Labute approximate surface area is 90.2 Å². The largest absolute Gasteiger partial charge is 0.399 e. The molecule has 0 radical (unpaired) electrons. The first-order valence-corrected chi connectivity index (χ1v) is 4.94. The molecule has 0 aliphatic heterocycles. The molecule has 0 saturated heterocycles. The Hall–Kier alpha value is -0.540. The molecule has 1 aromatic rings. The smallest absolute Gasteiger partial charge is 0.152 e. The van der Waals surface area contributed by atoms with Gasteiger partial charge in [0, 0.05) is 10.2 Å². The Kier molecular flexibility index (Phi) is 3.33. The molecule has 2 N–H and O–H groups in total. The van der Waals surface area contributed by atoms with Gasteiger partial charge in [-0.15, -0.1) is 11.6 Å². The monoisotopic (exact) mass is 261 g/mol. The van der Waals surface area contributed by atoms with Crippen LogP contribution < -0.4 is 5.73 Å². The lowest BCUT2D eigenvalue weighted by Crippen LogP contribution is -2.02. The molecule has 0 spiro atoms. The second-order valence-corrected chi connectivity index (χ2v) is 4.04. The highest BCUT2D eigenvalue weighted by atomic mass is 79.9. The van der Waals surface area contributed by atoms with Crippen molar-refractivity contribution < 1.29 is 4.79 Å². The number of carbonyl (C=O) groups is 1. The van der Waals surface area contributed by atoms with Crippen LogP contribution in [0.1, 0.15) is 17.9 Å². The van der Waals surface area contributed by atoms with E-state index in [0.29, 0.717) is 5.69 Å². The molecule has 1 unspecified atom stereocenters. The number of alkyl halides is 1. The highest BCUT2D eigenvalue weighted by Crippen LogP contribution is 2.30. The fourth-order valence-corrected chi connectivity index (χ4v) is 1.92. The number of hydrogen-bond donors (Lipinski definition) is 1. The van der Waals surface area contributed by atoms with Crippen molar-refractivity contribution in [2.24, 2.45) is 0 Å².